The molecule has 4 fully saturated rings. The molecule has 2 aromatic rings. The molecule has 0 radical (unpaired) electrons. The number of hydrogen-bond acceptors (Lipinski definition) is 2. The molecule has 0 aromatic heterocycles. The highest BCUT2D eigenvalue weighted by atomic mass is 16.5. The zero-order valence-electron chi connectivity index (χ0n) is 16.1. The van der Waals surface area contributed by atoms with E-state index in [4.69, 9.17) is 4.74 Å². The lowest BCUT2D eigenvalue weighted by Crippen LogP contribution is -2.51. The van der Waals surface area contributed by atoms with E-state index in [0.29, 0.717) is 11.7 Å². The molecule has 140 valence electrons. The third-order valence-electron chi connectivity index (χ3n) is 7.36. The van der Waals surface area contributed by atoms with Crippen LogP contribution in [0.25, 0.3) is 0 Å². The molecule has 0 spiro atoms. The van der Waals surface area contributed by atoms with Crippen LogP contribution < -0.4 is 4.74 Å². The standard InChI is InChI=1S/C25H28O2/c1-17(21-5-3-2-4-6-21)22-7-9-23(10-8-22)27-24(26)25-14-18-11-19(15-25)13-20(12-18)16-25/h2-10,17-20H,11-16H2,1H3/t17-,18?,19?,20?,25?/m1/s1. The minimum Gasteiger partial charge on any atom is -0.426 e. The molecule has 2 aromatic carbocycles. The molecule has 27 heavy (non-hydrogen) atoms. The average Bonchev–Trinajstić information content (AvgIpc) is 2.68. The second-order valence-corrected chi connectivity index (χ2v) is 9.29. The summed E-state index contributed by atoms with van der Waals surface area (Å²) < 4.78 is 5.90. The molecule has 2 heteroatoms. The normalized spacial score (nSPS) is 32.3. The number of benzene rings is 2. The highest BCUT2D eigenvalue weighted by molar-refractivity contribution is 5.79. The fourth-order valence-electron chi connectivity index (χ4n) is 6.33. The van der Waals surface area contributed by atoms with Crippen LogP contribution in [0.3, 0.4) is 0 Å². The molecule has 0 aliphatic heterocycles. The van der Waals surface area contributed by atoms with E-state index in [1.54, 1.807) is 0 Å². The van der Waals surface area contributed by atoms with Gasteiger partial charge in [0.25, 0.3) is 0 Å². The average molecular weight is 360 g/mol. The molecule has 1 atom stereocenters. The topological polar surface area (TPSA) is 26.3 Å². The van der Waals surface area contributed by atoms with Crippen LogP contribution in [0.2, 0.25) is 0 Å². The van der Waals surface area contributed by atoms with Crippen LogP contribution in [0.15, 0.2) is 54.6 Å². The SMILES string of the molecule is C[C@H](c1ccccc1)c1ccc(OC(=O)C23CC4CC(CC(C4)C2)C3)cc1. The van der Waals surface area contributed by atoms with Gasteiger partial charge in [-0.2, -0.15) is 0 Å². The molecule has 4 aliphatic carbocycles. The van der Waals surface area contributed by atoms with Crippen molar-refractivity contribution in [3.8, 4) is 5.75 Å². The third kappa shape index (κ3) is 3.09. The van der Waals surface area contributed by atoms with Gasteiger partial charge in [-0.1, -0.05) is 49.4 Å². The molecular weight excluding hydrogens is 332 g/mol. The Kier molecular flexibility index (Phi) is 4.11. The largest absolute Gasteiger partial charge is 0.426 e. The number of carbonyl (C=O) groups is 1. The van der Waals surface area contributed by atoms with Crippen LogP contribution >= 0.6 is 0 Å². The van der Waals surface area contributed by atoms with Crippen molar-refractivity contribution < 1.29 is 9.53 Å². The van der Waals surface area contributed by atoms with Crippen molar-refractivity contribution in [2.24, 2.45) is 23.2 Å². The quantitative estimate of drug-likeness (QED) is 0.497. The Hall–Kier alpha value is -2.09. The molecule has 4 aliphatic rings. The first-order chi connectivity index (χ1) is 13.1. The lowest BCUT2D eigenvalue weighted by molar-refractivity contribution is -0.161. The van der Waals surface area contributed by atoms with Crippen LogP contribution in [-0.2, 0) is 4.79 Å². The van der Waals surface area contributed by atoms with Gasteiger partial charge in [0.15, 0.2) is 0 Å². The lowest BCUT2D eigenvalue weighted by atomic mass is 9.49. The Bertz CT molecular complexity index is 786. The molecule has 0 amide bonds. The minimum atomic E-state index is -0.190. The van der Waals surface area contributed by atoms with E-state index in [2.05, 4.69) is 43.3 Å². The maximum atomic E-state index is 13.1. The second-order valence-electron chi connectivity index (χ2n) is 9.29. The highest BCUT2D eigenvalue weighted by Crippen LogP contribution is 2.60. The van der Waals surface area contributed by atoms with Crippen molar-refractivity contribution in [3.63, 3.8) is 0 Å². The Morgan fingerprint density at radius 3 is 1.93 bits per heavy atom. The van der Waals surface area contributed by atoms with Gasteiger partial charge in [-0.25, -0.2) is 0 Å². The minimum absolute atomic E-state index is 0.0328. The Morgan fingerprint density at radius 1 is 0.852 bits per heavy atom. The first kappa shape index (κ1) is 17.0. The molecule has 0 unspecified atom stereocenters. The molecule has 0 N–H and O–H groups in total. The van der Waals surface area contributed by atoms with E-state index in [-0.39, 0.29) is 11.4 Å². The molecule has 0 heterocycles. The molecule has 2 nitrogen and oxygen atoms in total. The summed E-state index contributed by atoms with van der Waals surface area (Å²) in [5.74, 6) is 3.35. The van der Waals surface area contributed by atoms with Gasteiger partial charge in [-0.3, -0.25) is 4.79 Å². The van der Waals surface area contributed by atoms with Crippen LogP contribution in [0.1, 0.15) is 62.5 Å². The van der Waals surface area contributed by atoms with Gasteiger partial charge in [0.2, 0.25) is 0 Å². The number of esters is 1. The maximum absolute atomic E-state index is 13.1. The zero-order valence-corrected chi connectivity index (χ0v) is 16.1. The van der Waals surface area contributed by atoms with E-state index < -0.39 is 0 Å². The number of carbonyl (C=O) groups excluding carboxylic acids is 1. The summed E-state index contributed by atoms with van der Waals surface area (Å²) in [7, 11) is 0. The van der Waals surface area contributed by atoms with E-state index in [0.717, 1.165) is 37.0 Å². The van der Waals surface area contributed by atoms with E-state index in [9.17, 15) is 4.79 Å². The third-order valence-corrected chi connectivity index (χ3v) is 7.36. The smallest absolute Gasteiger partial charge is 0.317 e. The van der Waals surface area contributed by atoms with Crippen molar-refractivity contribution in [1.82, 2.24) is 0 Å². The summed E-state index contributed by atoms with van der Waals surface area (Å²) in [6.45, 7) is 2.21. The monoisotopic (exact) mass is 360 g/mol. The Balaban J connectivity index is 1.29. The van der Waals surface area contributed by atoms with Gasteiger partial charge in [-0.15, -0.1) is 0 Å². The van der Waals surface area contributed by atoms with Crippen molar-refractivity contribution >= 4 is 5.97 Å². The number of hydrogen-bond donors (Lipinski definition) is 0. The van der Waals surface area contributed by atoms with Crippen LogP contribution in [0, 0.1) is 23.2 Å². The fraction of sp³-hybridized carbons (Fsp3) is 0.480. The summed E-state index contributed by atoms with van der Waals surface area (Å²) in [6, 6.07) is 18.6. The zero-order chi connectivity index (χ0) is 18.4. The van der Waals surface area contributed by atoms with Crippen molar-refractivity contribution in [3.05, 3.63) is 65.7 Å². The van der Waals surface area contributed by atoms with Crippen LogP contribution in [0.5, 0.6) is 5.75 Å². The summed E-state index contributed by atoms with van der Waals surface area (Å²) in [5.41, 5.74) is 2.36. The number of rotatable bonds is 4. The summed E-state index contributed by atoms with van der Waals surface area (Å²) >= 11 is 0. The van der Waals surface area contributed by atoms with Gasteiger partial charge in [0, 0.05) is 5.92 Å². The van der Waals surface area contributed by atoms with Gasteiger partial charge in [-0.05, 0) is 79.5 Å². The van der Waals surface area contributed by atoms with Crippen LogP contribution in [-0.4, -0.2) is 5.97 Å². The summed E-state index contributed by atoms with van der Waals surface area (Å²) in [5, 5.41) is 0. The second kappa shape index (κ2) is 6.51. The van der Waals surface area contributed by atoms with E-state index >= 15 is 0 Å². The van der Waals surface area contributed by atoms with Gasteiger partial charge in [0.05, 0.1) is 5.41 Å². The molecule has 4 bridgehead atoms. The maximum Gasteiger partial charge on any atom is 0.317 e. The van der Waals surface area contributed by atoms with Crippen LogP contribution in [0.4, 0.5) is 0 Å². The van der Waals surface area contributed by atoms with Crippen molar-refractivity contribution in [1.29, 1.82) is 0 Å². The molecule has 0 saturated heterocycles. The first-order valence-electron chi connectivity index (χ1n) is 10.5. The predicted octanol–water partition coefficient (Wildman–Crippen LogP) is 5.96. The van der Waals surface area contributed by atoms with Gasteiger partial charge >= 0.3 is 5.97 Å². The summed E-state index contributed by atoms with van der Waals surface area (Å²) in [6.07, 6.45) is 7.21. The molecular formula is C25H28O2. The Morgan fingerprint density at radius 2 is 1.37 bits per heavy atom. The summed E-state index contributed by atoms with van der Waals surface area (Å²) in [4.78, 5) is 13.1. The van der Waals surface area contributed by atoms with Gasteiger partial charge < -0.3 is 4.74 Å². The number of ether oxygens (including phenoxy) is 1. The van der Waals surface area contributed by atoms with E-state index in [1.807, 2.05) is 18.2 Å². The van der Waals surface area contributed by atoms with Crippen molar-refractivity contribution in [2.75, 3.05) is 0 Å². The highest BCUT2D eigenvalue weighted by Gasteiger charge is 2.55. The molecule has 6 rings (SSSR count). The lowest BCUT2D eigenvalue weighted by Gasteiger charge is -2.55. The fourth-order valence-corrected chi connectivity index (χ4v) is 6.33. The van der Waals surface area contributed by atoms with Gasteiger partial charge in [0.1, 0.15) is 5.75 Å². The van der Waals surface area contributed by atoms with Crippen molar-refractivity contribution in [2.45, 2.75) is 51.4 Å². The predicted molar refractivity (Wildman–Crippen MR) is 107 cm³/mol. The van der Waals surface area contributed by atoms with E-state index in [1.165, 1.54) is 30.4 Å². The first-order valence-corrected chi connectivity index (χ1v) is 10.5. The Labute approximate surface area is 161 Å². The molecule has 4 saturated carbocycles.